The van der Waals surface area contributed by atoms with Crippen molar-refractivity contribution in [3.8, 4) is 0 Å². The first-order chi connectivity index (χ1) is 10.8. The van der Waals surface area contributed by atoms with E-state index in [9.17, 15) is 0 Å². The summed E-state index contributed by atoms with van der Waals surface area (Å²) in [7, 11) is 0. The second kappa shape index (κ2) is 9.58. The van der Waals surface area contributed by atoms with Gasteiger partial charge in [0.2, 0.25) is 0 Å². The van der Waals surface area contributed by atoms with Crippen LogP contribution in [0.4, 0.5) is 0 Å². The molecule has 0 bridgehead atoms. The van der Waals surface area contributed by atoms with Crippen molar-refractivity contribution < 1.29 is 0 Å². The minimum atomic E-state index is 0.400. The van der Waals surface area contributed by atoms with E-state index in [-0.39, 0.29) is 0 Å². The van der Waals surface area contributed by atoms with Gasteiger partial charge < -0.3 is 10.6 Å². The van der Waals surface area contributed by atoms with Crippen LogP contribution in [0, 0.1) is 19.3 Å². The normalized spacial score (nSPS) is 12.5. The van der Waals surface area contributed by atoms with E-state index in [4.69, 9.17) is 0 Å². The molecule has 0 aliphatic carbocycles. The number of nitrogens with one attached hydrogen (secondary N) is 2. The number of aromatic nitrogens is 2. The predicted octanol–water partition coefficient (Wildman–Crippen LogP) is 3.27. The van der Waals surface area contributed by atoms with Crippen LogP contribution in [0.25, 0.3) is 0 Å². The summed E-state index contributed by atoms with van der Waals surface area (Å²) in [5, 5.41) is 11.2. The Morgan fingerprint density at radius 2 is 1.96 bits per heavy atom. The highest BCUT2D eigenvalue weighted by molar-refractivity contribution is 5.79. The van der Waals surface area contributed by atoms with Crippen LogP contribution in [-0.4, -0.2) is 35.4 Å². The van der Waals surface area contributed by atoms with E-state index in [2.05, 4.69) is 66.1 Å². The maximum atomic E-state index is 4.65. The minimum Gasteiger partial charge on any atom is -0.357 e. The van der Waals surface area contributed by atoms with Crippen LogP contribution >= 0.6 is 0 Å². The molecule has 0 aromatic carbocycles. The Morgan fingerprint density at radius 3 is 2.52 bits per heavy atom. The van der Waals surface area contributed by atoms with Crippen molar-refractivity contribution in [3.63, 3.8) is 0 Å². The van der Waals surface area contributed by atoms with Gasteiger partial charge in [-0.2, -0.15) is 5.10 Å². The molecule has 132 valence electrons. The number of aliphatic imine (C=N–C) groups is 1. The van der Waals surface area contributed by atoms with Gasteiger partial charge in [0.15, 0.2) is 5.96 Å². The summed E-state index contributed by atoms with van der Waals surface area (Å²) in [6.07, 6.45) is 3.39. The van der Waals surface area contributed by atoms with Gasteiger partial charge in [-0.3, -0.25) is 9.67 Å². The molecule has 0 saturated heterocycles. The molecule has 0 atom stereocenters. The minimum absolute atomic E-state index is 0.400. The Labute approximate surface area is 142 Å². The van der Waals surface area contributed by atoms with E-state index in [1.807, 2.05) is 6.92 Å². The molecule has 0 unspecified atom stereocenters. The molecule has 0 spiro atoms. The van der Waals surface area contributed by atoms with Crippen LogP contribution in [0.1, 0.15) is 58.3 Å². The Hall–Kier alpha value is -1.52. The molecule has 2 N–H and O–H groups in total. The molecule has 0 amide bonds. The smallest absolute Gasteiger partial charge is 0.191 e. The van der Waals surface area contributed by atoms with Gasteiger partial charge in [-0.05, 0) is 51.5 Å². The van der Waals surface area contributed by atoms with Crippen molar-refractivity contribution in [1.82, 2.24) is 20.4 Å². The third kappa shape index (κ3) is 8.62. The summed E-state index contributed by atoms with van der Waals surface area (Å²) in [6, 6.07) is 2.12. The standard InChI is InChI=1S/C18H35N5/c1-7-19-17(20-11-8-10-18(4,5)6)21-12-9-13-23-16(3)14-15(2)22-23/h14H,7-13H2,1-6H3,(H2,19,20,21). The maximum absolute atomic E-state index is 4.65. The van der Waals surface area contributed by atoms with Gasteiger partial charge in [0, 0.05) is 31.9 Å². The van der Waals surface area contributed by atoms with E-state index in [1.54, 1.807) is 0 Å². The van der Waals surface area contributed by atoms with E-state index >= 15 is 0 Å². The van der Waals surface area contributed by atoms with Crippen LogP contribution in [0.5, 0.6) is 0 Å². The van der Waals surface area contributed by atoms with E-state index in [0.717, 1.165) is 44.3 Å². The topological polar surface area (TPSA) is 54.2 Å². The average Bonchev–Trinajstić information content (AvgIpc) is 2.76. The summed E-state index contributed by atoms with van der Waals surface area (Å²) >= 11 is 0. The van der Waals surface area contributed by atoms with Gasteiger partial charge in [-0.1, -0.05) is 20.8 Å². The molecule has 1 heterocycles. The largest absolute Gasteiger partial charge is 0.357 e. The average molecular weight is 322 g/mol. The zero-order valence-corrected chi connectivity index (χ0v) is 15.9. The molecule has 1 aromatic rings. The molecule has 1 aromatic heterocycles. The molecular weight excluding hydrogens is 286 g/mol. The highest BCUT2D eigenvalue weighted by Gasteiger charge is 2.09. The first kappa shape index (κ1) is 19.5. The fourth-order valence-corrected chi connectivity index (χ4v) is 2.48. The van der Waals surface area contributed by atoms with E-state index in [0.29, 0.717) is 5.41 Å². The lowest BCUT2D eigenvalue weighted by Gasteiger charge is -2.18. The van der Waals surface area contributed by atoms with E-state index in [1.165, 1.54) is 18.5 Å². The van der Waals surface area contributed by atoms with Crippen LogP contribution < -0.4 is 10.6 Å². The Kier molecular flexibility index (Phi) is 8.13. The molecule has 23 heavy (non-hydrogen) atoms. The van der Waals surface area contributed by atoms with Crippen molar-refractivity contribution >= 4 is 5.96 Å². The summed E-state index contributed by atoms with van der Waals surface area (Å²) in [6.45, 7) is 16.7. The summed E-state index contributed by atoms with van der Waals surface area (Å²) < 4.78 is 2.06. The Balaban J connectivity index is 2.32. The van der Waals surface area contributed by atoms with Crippen molar-refractivity contribution in [2.45, 2.75) is 67.3 Å². The molecule has 5 heteroatoms. The predicted molar refractivity (Wildman–Crippen MR) is 99.0 cm³/mol. The van der Waals surface area contributed by atoms with Gasteiger partial charge in [0.1, 0.15) is 0 Å². The summed E-state index contributed by atoms with van der Waals surface area (Å²) in [4.78, 5) is 4.65. The number of guanidine groups is 1. The Bertz CT molecular complexity index is 482. The van der Waals surface area contributed by atoms with Crippen LogP contribution in [0.3, 0.4) is 0 Å². The van der Waals surface area contributed by atoms with Gasteiger partial charge in [0.05, 0.1) is 5.69 Å². The molecule has 1 rings (SSSR count). The Morgan fingerprint density at radius 1 is 1.22 bits per heavy atom. The number of rotatable bonds is 8. The van der Waals surface area contributed by atoms with Gasteiger partial charge in [-0.25, -0.2) is 0 Å². The maximum Gasteiger partial charge on any atom is 0.191 e. The number of hydrogen-bond donors (Lipinski definition) is 2. The van der Waals surface area contributed by atoms with Gasteiger partial charge >= 0.3 is 0 Å². The lowest BCUT2D eigenvalue weighted by Crippen LogP contribution is -2.38. The molecule has 0 aliphatic heterocycles. The number of aryl methyl sites for hydroxylation is 3. The third-order valence-electron chi connectivity index (χ3n) is 3.64. The SMILES string of the molecule is CCNC(=NCCCn1nc(C)cc1C)NCCCC(C)(C)C. The molecule has 5 nitrogen and oxygen atoms in total. The molecular formula is C18H35N5. The molecule has 0 saturated carbocycles. The first-order valence-electron chi connectivity index (χ1n) is 8.85. The third-order valence-corrected chi connectivity index (χ3v) is 3.64. The van der Waals surface area contributed by atoms with Crippen LogP contribution in [0.15, 0.2) is 11.1 Å². The van der Waals surface area contributed by atoms with Crippen molar-refractivity contribution in [2.75, 3.05) is 19.6 Å². The van der Waals surface area contributed by atoms with Crippen molar-refractivity contribution in [3.05, 3.63) is 17.5 Å². The first-order valence-corrected chi connectivity index (χ1v) is 8.85. The summed E-state index contributed by atoms with van der Waals surface area (Å²) in [5.41, 5.74) is 2.70. The molecule has 0 aliphatic rings. The van der Waals surface area contributed by atoms with Crippen LogP contribution in [-0.2, 0) is 6.54 Å². The monoisotopic (exact) mass is 321 g/mol. The van der Waals surface area contributed by atoms with Crippen molar-refractivity contribution in [2.24, 2.45) is 10.4 Å². The van der Waals surface area contributed by atoms with Gasteiger partial charge in [-0.15, -0.1) is 0 Å². The zero-order chi connectivity index (χ0) is 17.3. The van der Waals surface area contributed by atoms with Gasteiger partial charge in [0.25, 0.3) is 0 Å². The lowest BCUT2D eigenvalue weighted by atomic mass is 9.91. The number of nitrogens with zero attached hydrogens (tertiary/aromatic N) is 3. The zero-order valence-electron chi connectivity index (χ0n) is 15.9. The fraction of sp³-hybridized carbons (Fsp3) is 0.778. The second-order valence-corrected chi connectivity index (χ2v) is 7.36. The molecule has 0 radical (unpaired) electrons. The highest BCUT2D eigenvalue weighted by Crippen LogP contribution is 2.19. The van der Waals surface area contributed by atoms with E-state index < -0.39 is 0 Å². The van der Waals surface area contributed by atoms with Crippen molar-refractivity contribution in [1.29, 1.82) is 0 Å². The quantitative estimate of drug-likeness (QED) is 0.439. The lowest BCUT2D eigenvalue weighted by molar-refractivity contribution is 0.365. The molecule has 0 fully saturated rings. The second-order valence-electron chi connectivity index (χ2n) is 7.36. The highest BCUT2D eigenvalue weighted by atomic mass is 15.3. The summed E-state index contributed by atoms with van der Waals surface area (Å²) in [5.74, 6) is 0.926. The van der Waals surface area contributed by atoms with Crippen LogP contribution in [0.2, 0.25) is 0 Å². The fourth-order valence-electron chi connectivity index (χ4n) is 2.48. The number of hydrogen-bond acceptors (Lipinski definition) is 2.